The van der Waals surface area contributed by atoms with Gasteiger partial charge in [-0.25, -0.2) is 17.8 Å². The van der Waals surface area contributed by atoms with Gasteiger partial charge in [-0.3, -0.25) is 0 Å². The first-order valence-electron chi connectivity index (χ1n) is 8.18. The highest BCUT2D eigenvalue weighted by Gasteiger charge is 2.36. The minimum Gasteiger partial charge on any atom is -0.239 e. The molecule has 0 radical (unpaired) electrons. The van der Waals surface area contributed by atoms with Crippen molar-refractivity contribution in [3.8, 4) is 0 Å². The third kappa shape index (κ3) is 3.07. The number of rotatable bonds is 3. The van der Waals surface area contributed by atoms with Crippen molar-refractivity contribution in [1.82, 2.24) is 9.29 Å². The Morgan fingerprint density at radius 1 is 1.08 bits per heavy atom. The molecule has 1 fully saturated rings. The number of thiazole rings is 1. The standard InChI is InChI=1S/C18H17FN2O2S2/c19-13-8-10-14(11-9-13)25(22,23)21-12-4-3-6-16(21)18-20-15-5-1-2-7-17(15)24-18/h1-2,5,7-11,16H,3-4,6,12H2/t16-/m1/s1. The molecule has 1 aromatic heterocycles. The molecule has 0 amide bonds. The molecule has 130 valence electrons. The highest BCUT2D eigenvalue weighted by atomic mass is 32.2. The fourth-order valence-corrected chi connectivity index (χ4v) is 6.06. The molecule has 1 atom stereocenters. The van der Waals surface area contributed by atoms with Crippen LogP contribution in [0.4, 0.5) is 4.39 Å². The molecule has 2 aromatic carbocycles. The normalized spacial score (nSPS) is 19.3. The fourth-order valence-electron chi connectivity index (χ4n) is 3.21. The average molecular weight is 376 g/mol. The lowest BCUT2D eigenvalue weighted by Crippen LogP contribution is -2.38. The Labute approximate surface area is 150 Å². The molecule has 0 spiro atoms. The van der Waals surface area contributed by atoms with E-state index in [1.54, 1.807) is 11.3 Å². The lowest BCUT2D eigenvalue weighted by Gasteiger charge is -2.33. The summed E-state index contributed by atoms with van der Waals surface area (Å²) in [5, 5.41) is 0.826. The number of nitrogens with zero attached hydrogens (tertiary/aromatic N) is 2. The monoisotopic (exact) mass is 376 g/mol. The fraction of sp³-hybridized carbons (Fsp3) is 0.278. The second kappa shape index (κ2) is 6.48. The van der Waals surface area contributed by atoms with Gasteiger partial charge in [-0.15, -0.1) is 11.3 Å². The van der Waals surface area contributed by atoms with E-state index in [1.807, 2.05) is 24.3 Å². The topological polar surface area (TPSA) is 50.3 Å². The highest BCUT2D eigenvalue weighted by molar-refractivity contribution is 7.89. The Kier molecular flexibility index (Phi) is 4.31. The van der Waals surface area contributed by atoms with Crippen LogP contribution in [0.3, 0.4) is 0 Å². The number of benzene rings is 2. The third-order valence-electron chi connectivity index (χ3n) is 4.47. The molecular weight excluding hydrogens is 359 g/mol. The largest absolute Gasteiger partial charge is 0.243 e. The summed E-state index contributed by atoms with van der Waals surface area (Å²) in [6, 6.07) is 12.6. The molecule has 3 aromatic rings. The molecule has 1 aliphatic rings. The van der Waals surface area contributed by atoms with Crippen molar-refractivity contribution in [3.05, 3.63) is 59.4 Å². The van der Waals surface area contributed by atoms with E-state index in [1.165, 1.54) is 28.6 Å². The number of sulfonamides is 1. The van der Waals surface area contributed by atoms with Gasteiger partial charge in [-0.1, -0.05) is 18.6 Å². The zero-order chi connectivity index (χ0) is 17.4. The number of hydrogen-bond acceptors (Lipinski definition) is 4. The zero-order valence-corrected chi connectivity index (χ0v) is 15.1. The highest BCUT2D eigenvalue weighted by Crippen LogP contribution is 2.38. The van der Waals surface area contributed by atoms with Crippen LogP contribution in [0.15, 0.2) is 53.4 Å². The van der Waals surface area contributed by atoms with Crippen molar-refractivity contribution in [2.45, 2.75) is 30.2 Å². The number of para-hydroxylation sites is 1. The van der Waals surface area contributed by atoms with Crippen LogP contribution in [0.5, 0.6) is 0 Å². The number of halogens is 1. The summed E-state index contributed by atoms with van der Waals surface area (Å²) in [4.78, 5) is 4.79. The minimum atomic E-state index is -3.68. The third-order valence-corrected chi connectivity index (χ3v) is 7.53. The molecule has 0 N–H and O–H groups in total. The first-order chi connectivity index (χ1) is 12.1. The molecule has 0 saturated carbocycles. The molecule has 1 aliphatic heterocycles. The van der Waals surface area contributed by atoms with Crippen LogP contribution in [0.2, 0.25) is 0 Å². The van der Waals surface area contributed by atoms with Crippen molar-refractivity contribution in [1.29, 1.82) is 0 Å². The second-order valence-electron chi connectivity index (χ2n) is 6.10. The summed E-state index contributed by atoms with van der Waals surface area (Å²) in [5.74, 6) is -0.444. The Hall–Kier alpha value is -1.83. The number of piperidine rings is 1. The van der Waals surface area contributed by atoms with Gasteiger partial charge in [0.1, 0.15) is 10.8 Å². The van der Waals surface area contributed by atoms with Crippen LogP contribution in [0, 0.1) is 5.82 Å². The SMILES string of the molecule is O=S(=O)(c1ccc(F)cc1)N1CCCC[C@@H]1c1nc2ccccc2s1. The maximum Gasteiger partial charge on any atom is 0.243 e. The molecule has 25 heavy (non-hydrogen) atoms. The quantitative estimate of drug-likeness (QED) is 0.683. The summed E-state index contributed by atoms with van der Waals surface area (Å²) >= 11 is 1.54. The molecular formula is C18H17FN2O2S2. The van der Waals surface area contributed by atoms with Gasteiger partial charge in [0, 0.05) is 6.54 Å². The molecule has 7 heteroatoms. The van der Waals surface area contributed by atoms with Crippen molar-refractivity contribution >= 4 is 31.6 Å². The lowest BCUT2D eigenvalue weighted by atomic mass is 10.1. The molecule has 2 heterocycles. The lowest BCUT2D eigenvalue weighted by molar-refractivity contribution is 0.255. The predicted octanol–water partition coefficient (Wildman–Crippen LogP) is 4.35. The van der Waals surface area contributed by atoms with Gasteiger partial charge in [0.25, 0.3) is 0 Å². The van der Waals surface area contributed by atoms with Crippen LogP contribution in [-0.4, -0.2) is 24.3 Å². The van der Waals surface area contributed by atoms with Gasteiger partial charge >= 0.3 is 0 Å². The Bertz CT molecular complexity index is 966. The summed E-state index contributed by atoms with van der Waals surface area (Å²) in [5.41, 5.74) is 0.896. The summed E-state index contributed by atoms with van der Waals surface area (Å²) < 4.78 is 41.9. The van der Waals surface area contributed by atoms with Crippen LogP contribution >= 0.6 is 11.3 Å². The number of hydrogen-bond donors (Lipinski definition) is 0. The van der Waals surface area contributed by atoms with E-state index in [9.17, 15) is 12.8 Å². The predicted molar refractivity (Wildman–Crippen MR) is 96.5 cm³/mol. The van der Waals surface area contributed by atoms with E-state index in [-0.39, 0.29) is 10.9 Å². The van der Waals surface area contributed by atoms with E-state index < -0.39 is 15.8 Å². The zero-order valence-electron chi connectivity index (χ0n) is 13.4. The first-order valence-corrected chi connectivity index (χ1v) is 10.4. The smallest absolute Gasteiger partial charge is 0.239 e. The van der Waals surface area contributed by atoms with E-state index in [0.29, 0.717) is 6.54 Å². The molecule has 0 bridgehead atoms. The van der Waals surface area contributed by atoms with Crippen LogP contribution in [-0.2, 0) is 10.0 Å². The van der Waals surface area contributed by atoms with Gasteiger partial charge in [0.05, 0.1) is 21.2 Å². The summed E-state index contributed by atoms with van der Waals surface area (Å²) in [6.07, 6.45) is 2.54. The van der Waals surface area contributed by atoms with Crippen molar-refractivity contribution in [3.63, 3.8) is 0 Å². The van der Waals surface area contributed by atoms with Gasteiger partial charge < -0.3 is 0 Å². The number of aromatic nitrogens is 1. The molecule has 1 saturated heterocycles. The number of fused-ring (bicyclic) bond motifs is 1. The molecule has 0 unspecified atom stereocenters. The maximum atomic E-state index is 13.2. The van der Waals surface area contributed by atoms with Crippen LogP contribution < -0.4 is 0 Å². The van der Waals surface area contributed by atoms with Gasteiger partial charge in [-0.2, -0.15) is 4.31 Å². The summed E-state index contributed by atoms with van der Waals surface area (Å²) in [7, 11) is -3.68. The Morgan fingerprint density at radius 2 is 1.84 bits per heavy atom. The van der Waals surface area contributed by atoms with E-state index in [4.69, 9.17) is 0 Å². The van der Waals surface area contributed by atoms with Crippen LogP contribution in [0.25, 0.3) is 10.2 Å². The summed E-state index contributed by atoms with van der Waals surface area (Å²) in [6.45, 7) is 0.459. The van der Waals surface area contributed by atoms with Crippen molar-refractivity contribution in [2.75, 3.05) is 6.54 Å². The Balaban J connectivity index is 1.74. The first kappa shape index (κ1) is 16.6. The molecule has 4 nitrogen and oxygen atoms in total. The van der Waals surface area contributed by atoms with Gasteiger partial charge in [0.2, 0.25) is 10.0 Å². The van der Waals surface area contributed by atoms with E-state index in [0.717, 1.165) is 34.5 Å². The molecule has 0 aliphatic carbocycles. The van der Waals surface area contributed by atoms with Gasteiger partial charge in [0.15, 0.2) is 0 Å². The Morgan fingerprint density at radius 3 is 2.60 bits per heavy atom. The van der Waals surface area contributed by atoms with E-state index in [2.05, 4.69) is 4.98 Å². The van der Waals surface area contributed by atoms with Gasteiger partial charge in [-0.05, 0) is 49.2 Å². The second-order valence-corrected chi connectivity index (χ2v) is 9.05. The molecule has 4 rings (SSSR count). The van der Waals surface area contributed by atoms with E-state index >= 15 is 0 Å². The maximum absolute atomic E-state index is 13.2. The van der Waals surface area contributed by atoms with Crippen molar-refractivity contribution in [2.24, 2.45) is 0 Å². The minimum absolute atomic E-state index is 0.127. The average Bonchev–Trinajstić information content (AvgIpc) is 3.06. The van der Waals surface area contributed by atoms with Crippen molar-refractivity contribution < 1.29 is 12.8 Å². The van der Waals surface area contributed by atoms with Crippen LogP contribution in [0.1, 0.15) is 30.3 Å².